The molecule has 0 spiro atoms. The van der Waals surface area contributed by atoms with Crippen molar-refractivity contribution in [3.63, 3.8) is 0 Å². The lowest BCUT2D eigenvalue weighted by Crippen LogP contribution is -2.41. The minimum Gasteiger partial charge on any atom is -0.355 e. The summed E-state index contributed by atoms with van der Waals surface area (Å²) in [4.78, 5) is 23.1. The lowest BCUT2D eigenvalue weighted by molar-refractivity contribution is -0.126. The van der Waals surface area contributed by atoms with E-state index in [4.69, 9.17) is 11.6 Å². The number of piperidine rings is 1. The third-order valence-electron chi connectivity index (χ3n) is 4.45. The molecule has 1 saturated heterocycles. The zero-order valence-corrected chi connectivity index (χ0v) is 14.4. The van der Waals surface area contributed by atoms with Crippen LogP contribution in [0.4, 0.5) is 5.82 Å². The van der Waals surface area contributed by atoms with Crippen molar-refractivity contribution in [2.45, 2.75) is 25.8 Å². The predicted octanol–water partition coefficient (Wildman–Crippen LogP) is 3.22. The zero-order valence-electron chi connectivity index (χ0n) is 13.7. The number of carbonyl (C=O) groups is 1. The average molecular weight is 345 g/mol. The first-order valence-corrected chi connectivity index (χ1v) is 8.58. The second kappa shape index (κ2) is 7.62. The molecule has 6 heteroatoms. The topological polar surface area (TPSA) is 58.1 Å². The van der Waals surface area contributed by atoms with Crippen molar-refractivity contribution in [2.24, 2.45) is 5.92 Å². The molecule has 0 aliphatic carbocycles. The summed E-state index contributed by atoms with van der Waals surface area (Å²) in [5.41, 5.74) is 1.02. The molecule has 1 aromatic carbocycles. The van der Waals surface area contributed by atoms with Crippen LogP contribution in [0.5, 0.6) is 0 Å². The molecule has 3 rings (SSSR count). The molecule has 0 bridgehead atoms. The number of hydrogen-bond donors (Lipinski definition) is 1. The Morgan fingerprint density at radius 2 is 2.12 bits per heavy atom. The van der Waals surface area contributed by atoms with Crippen LogP contribution in [0.25, 0.3) is 0 Å². The van der Waals surface area contributed by atoms with Gasteiger partial charge in [0.25, 0.3) is 0 Å². The number of anilines is 1. The van der Waals surface area contributed by atoms with Crippen molar-refractivity contribution >= 4 is 23.3 Å². The Labute approximate surface area is 147 Å². The highest BCUT2D eigenvalue weighted by atomic mass is 35.5. The van der Waals surface area contributed by atoms with Crippen molar-refractivity contribution in [2.75, 3.05) is 18.0 Å². The Morgan fingerprint density at radius 1 is 1.33 bits per heavy atom. The first kappa shape index (κ1) is 16.7. The highest BCUT2D eigenvalue weighted by molar-refractivity contribution is 6.30. The Morgan fingerprint density at radius 3 is 2.79 bits per heavy atom. The van der Waals surface area contributed by atoms with Gasteiger partial charge in [0.15, 0.2) is 0 Å². The third kappa shape index (κ3) is 4.03. The van der Waals surface area contributed by atoms with E-state index < -0.39 is 0 Å². The summed E-state index contributed by atoms with van der Waals surface area (Å²) in [5, 5.41) is 3.79. The molecule has 1 atom stereocenters. The fraction of sp³-hybridized carbons (Fsp3) is 0.389. The summed E-state index contributed by atoms with van der Waals surface area (Å²) in [7, 11) is 0. The summed E-state index contributed by atoms with van der Waals surface area (Å²) >= 11 is 6.02. The zero-order chi connectivity index (χ0) is 16.9. The Bertz CT molecular complexity index is 686. The fourth-order valence-corrected chi connectivity index (χ4v) is 3.21. The van der Waals surface area contributed by atoms with Gasteiger partial charge in [-0.3, -0.25) is 9.78 Å². The number of benzene rings is 1. The standard InChI is InChI=1S/C18H21ClN4O/c1-13(15-3-2-4-16(19)11-15)22-18(24)14-5-9-23(10-6-14)17-12-20-7-8-21-17/h2-4,7-8,11-14H,5-6,9-10H2,1H3,(H,22,24). The van der Waals surface area contributed by atoms with Crippen molar-refractivity contribution in [3.8, 4) is 0 Å². The van der Waals surface area contributed by atoms with E-state index in [-0.39, 0.29) is 17.9 Å². The van der Waals surface area contributed by atoms with Gasteiger partial charge in [0.2, 0.25) is 5.91 Å². The molecule has 24 heavy (non-hydrogen) atoms. The summed E-state index contributed by atoms with van der Waals surface area (Å²) in [6, 6.07) is 7.56. The molecular formula is C18H21ClN4O. The smallest absolute Gasteiger partial charge is 0.223 e. The lowest BCUT2D eigenvalue weighted by atomic mass is 9.95. The predicted molar refractivity (Wildman–Crippen MR) is 95.0 cm³/mol. The van der Waals surface area contributed by atoms with E-state index in [9.17, 15) is 4.79 Å². The average Bonchev–Trinajstić information content (AvgIpc) is 2.62. The van der Waals surface area contributed by atoms with Gasteiger partial charge < -0.3 is 10.2 Å². The van der Waals surface area contributed by atoms with Gasteiger partial charge in [-0.1, -0.05) is 23.7 Å². The number of aromatic nitrogens is 2. The van der Waals surface area contributed by atoms with Gasteiger partial charge in [0, 0.05) is 36.4 Å². The van der Waals surface area contributed by atoms with Crippen molar-refractivity contribution < 1.29 is 4.79 Å². The van der Waals surface area contributed by atoms with Gasteiger partial charge in [-0.2, -0.15) is 0 Å². The van der Waals surface area contributed by atoms with E-state index in [1.54, 1.807) is 18.6 Å². The van der Waals surface area contributed by atoms with E-state index in [0.717, 1.165) is 37.3 Å². The van der Waals surface area contributed by atoms with E-state index in [1.165, 1.54) is 0 Å². The third-order valence-corrected chi connectivity index (χ3v) is 4.68. The van der Waals surface area contributed by atoms with Crippen molar-refractivity contribution in [3.05, 3.63) is 53.4 Å². The molecule has 1 N–H and O–H groups in total. The first-order valence-electron chi connectivity index (χ1n) is 8.20. The minimum atomic E-state index is -0.0470. The normalized spacial score (nSPS) is 16.7. The summed E-state index contributed by atoms with van der Waals surface area (Å²) in [5.74, 6) is 1.03. The molecule has 2 aromatic rings. The number of hydrogen-bond acceptors (Lipinski definition) is 4. The van der Waals surface area contributed by atoms with Crippen LogP contribution in [0.2, 0.25) is 5.02 Å². The molecule has 0 saturated carbocycles. The second-order valence-electron chi connectivity index (χ2n) is 6.11. The van der Waals surface area contributed by atoms with Gasteiger partial charge in [0.1, 0.15) is 5.82 Å². The molecule has 0 radical (unpaired) electrons. The highest BCUT2D eigenvalue weighted by Crippen LogP contribution is 2.23. The van der Waals surface area contributed by atoms with Crippen LogP contribution in [0.1, 0.15) is 31.4 Å². The molecule has 1 fully saturated rings. The molecule has 1 aromatic heterocycles. The molecule has 2 heterocycles. The largest absolute Gasteiger partial charge is 0.355 e. The van der Waals surface area contributed by atoms with Crippen molar-refractivity contribution in [1.82, 2.24) is 15.3 Å². The number of nitrogens with one attached hydrogen (secondary N) is 1. The summed E-state index contributed by atoms with van der Waals surface area (Å²) in [6.45, 7) is 3.63. The van der Waals surface area contributed by atoms with Gasteiger partial charge >= 0.3 is 0 Å². The Balaban J connectivity index is 1.54. The van der Waals surface area contributed by atoms with Gasteiger partial charge in [0.05, 0.1) is 12.2 Å². The summed E-state index contributed by atoms with van der Waals surface area (Å²) in [6.07, 6.45) is 6.78. The molecule has 1 unspecified atom stereocenters. The van der Waals surface area contributed by atoms with E-state index in [0.29, 0.717) is 5.02 Å². The van der Waals surface area contributed by atoms with E-state index in [2.05, 4.69) is 20.2 Å². The Kier molecular flexibility index (Phi) is 5.30. The number of rotatable bonds is 4. The molecular weight excluding hydrogens is 324 g/mol. The van der Waals surface area contributed by atoms with Gasteiger partial charge in [-0.15, -0.1) is 0 Å². The molecule has 1 amide bonds. The van der Waals surface area contributed by atoms with Crippen LogP contribution < -0.4 is 10.2 Å². The summed E-state index contributed by atoms with van der Waals surface area (Å²) < 4.78 is 0. The number of nitrogens with zero attached hydrogens (tertiary/aromatic N) is 3. The number of carbonyl (C=O) groups excluding carboxylic acids is 1. The second-order valence-corrected chi connectivity index (χ2v) is 6.55. The van der Waals surface area contributed by atoms with Crippen molar-refractivity contribution in [1.29, 1.82) is 0 Å². The van der Waals surface area contributed by atoms with E-state index in [1.807, 2.05) is 31.2 Å². The van der Waals surface area contributed by atoms with E-state index >= 15 is 0 Å². The maximum atomic E-state index is 12.5. The maximum absolute atomic E-state index is 12.5. The SMILES string of the molecule is CC(NC(=O)C1CCN(c2cnccn2)CC1)c1cccc(Cl)c1. The quantitative estimate of drug-likeness (QED) is 0.925. The van der Waals surface area contributed by atoms with Gasteiger partial charge in [-0.05, 0) is 37.5 Å². The number of amides is 1. The van der Waals surface area contributed by atoms with Crippen LogP contribution in [0.15, 0.2) is 42.9 Å². The van der Waals surface area contributed by atoms with Crippen LogP contribution >= 0.6 is 11.6 Å². The fourth-order valence-electron chi connectivity index (χ4n) is 3.02. The minimum absolute atomic E-state index is 0.0413. The van der Waals surface area contributed by atoms with Crippen LogP contribution in [0.3, 0.4) is 0 Å². The van der Waals surface area contributed by atoms with Crippen LogP contribution in [0, 0.1) is 5.92 Å². The molecule has 126 valence electrons. The van der Waals surface area contributed by atoms with Gasteiger partial charge in [-0.25, -0.2) is 4.98 Å². The number of halogens is 1. The molecule has 1 aliphatic heterocycles. The maximum Gasteiger partial charge on any atom is 0.223 e. The monoisotopic (exact) mass is 344 g/mol. The molecule has 1 aliphatic rings. The highest BCUT2D eigenvalue weighted by Gasteiger charge is 2.26. The van der Waals surface area contributed by atoms with Crippen LogP contribution in [-0.2, 0) is 4.79 Å². The molecule has 5 nitrogen and oxygen atoms in total. The Hall–Kier alpha value is -2.14. The first-order chi connectivity index (χ1) is 11.6. The van der Waals surface area contributed by atoms with Crippen LogP contribution in [-0.4, -0.2) is 29.0 Å². The lowest BCUT2D eigenvalue weighted by Gasteiger charge is -2.32.